The highest BCUT2D eigenvalue weighted by atomic mass is 32.2. The van der Waals surface area contributed by atoms with E-state index in [0.29, 0.717) is 5.56 Å². The van der Waals surface area contributed by atoms with E-state index in [1.165, 1.54) is 24.3 Å². The topological polar surface area (TPSA) is 67.2 Å². The molecule has 4 aromatic carbocycles. The molecule has 0 heterocycles. The van der Waals surface area contributed by atoms with E-state index < -0.39 is 10.1 Å². The van der Waals surface area contributed by atoms with Gasteiger partial charge in [-0.25, -0.2) is 0 Å². The van der Waals surface area contributed by atoms with Gasteiger partial charge < -0.3 is 4.18 Å². The van der Waals surface area contributed by atoms with Gasteiger partial charge >= 0.3 is 10.1 Å². The molecule has 126 valence electrons. The predicted molar refractivity (Wildman–Crippen MR) is 100 cm³/mol. The quantitative estimate of drug-likeness (QED) is 0.395. The molecule has 0 N–H and O–H groups in total. The van der Waals surface area contributed by atoms with Gasteiger partial charge in [-0.1, -0.05) is 48.5 Å². The molecule has 0 spiro atoms. The summed E-state index contributed by atoms with van der Waals surface area (Å²) >= 11 is 0. The molecule has 0 saturated heterocycles. The lowest BCUT2D eigenvalue weighted by Gasteiger charge is -2.12. The zero-order chi connectivity index (χ0) is 18.1. The zero-order valence-electron chi connectivity index (χ0n) is 13.6. The van der Waals surface area contributed by atoms with Gasteiger partial charge in [0.2, 0.25) is 0 Å². The maximum Gasteiger partial charge on any atom is 0.339 e. The van der Waals surface area contributed by atoms with Crippen LogP contribution in [-0.4, -0.2) is 8.42 Å². The van der Waals surface area contributed by atoms with Crippen LogP contribution in [0.2, 0.25) is 0 Å². The highest BCUT2D eigenvalue weighted by molar-refractivity contribution is 7.87. The smallest absolute Gasteiger partial charge is 0.339 e. The van der Waals surface area contributed by atoms with Gasteiger partial charge in [0, 0.05) is 5.39 Å². The van der Waals surface area contributed by atoms with E-state index in [4.69, 9.17) is 9.44 Å². The largest absolute Gasteiger partial charge is 0.378 e. The van der Waals surface area contributed by atoms with Gasteiger partial charge in [0.15, 0.2) is 5.75 Å². The third-order valence-corrected chi connectivity index (χ3v) is 5.45. The lowest BCUT2D eigenvalue weighted by atomic mass is 10.0. The monoisotopic (exact) mass is 359 g/mol. The Hall–Kier alpha value is -3.36. The molecular weight excluding hydrogens is 346 g/mol. The highest BCUT2D eigenvalue weighted by Crippen LogP contribution is 2.34. The number of hydrogen-bond donors (Lipinski definition) is 0. The molecule has 0 atom stereocenters. The minimum absolute atomic E-state index is 0.00809. The van der Waals surface area contributed by atoms with Crippen molar-refractivity contribution in [2.75, 3.05) is 0 Å². The Morgan fingerprint density at radius 1 is 0.769 bits per heavy atom. The van der Waals surface area contributed by atoms with E-state index in [0.717, 1.165) is 21.5 Å². The fourth-order valence-corrected chi connectivity index (χ4v) is 3.89. The molecule has 4 aromatic rings. The van der Waals surface area contributed by atoms with Crippen molar-refractivity contribution in [1.29, 1.82) is 5.26 Å². The van der Waals surface area contributed by atoms with Crippen molar-refractivity contribution in [3.63, 3.8) is 0 Å². The van der Waals surface area contributed by atoms with Gasteiger partial charge in [-0.15, -0.1) is 0 Å². The minimum atomic E-state index is -4.01. The Balaban J connectivity index is 1.86. The fraction of sp³-hybridized carbons (Fsp3) is 0. The molecule has 4 nitrogen and oxygen atoms in total. The third-order valence-electron chi connectivity index (χ3n) is 4.20. The molecule has 0 aliphatic carbocycles. The van der Waals surface area contributed by atoms with Crippen LogP contribution < -0.4 is 4.18 Å². The number of hydrogen-bond acceptors (Lipinski definition) is 4. The van der Waals surface area contributed by atoms with Crippen molar-refractivity contribution >= 4 is 31.7 Å². The Bertz CT molecular complexity index is 1270. The van der Waals surface area contributed by atoms with Gasteiger partial charge in [0.1, 0.15) is 4.90 Å². The Labute approximate surface area is 151 Å². The van der Waals surface area contributed by atoms with Crippen molar-refractivity contribution in [3.05, 3.63) is 84.4 Å². The predicted octanol–water partition coefficient (Wildman–Crippen LogP) is 4.63. The van der Waals surface area contributed by atoms with E-state index in [9.17, 15) is 8.42 Å². The van der Waals surface area contributed by atoms with Crippen LogP contribution in [0.4, 0.5) is 0 Å². The van der Waals surface area contributed by atoms with Crippen LogP contribution >= 0.6 is 0 Å². The molecule has 0 fully saturated rings. The molecule has 0 aliphatic rings. The van der Waals surface area contributed by atoms with Crippen LogP contribution in [0.15, 0.2) is 83.8 Å². The molecule has 5 heteroatoms. The van der Waals surface area contributed by atoms with E-state index >= 15 is 0 Å². The first kappa shape index (κ1) is 16.1. The summed E-state index contributed by atoms with van der Waals surface area (Å²) in [5.74, 6) is 0.281. The lowest BCUT2D eigenvalue weighted by Crippen LogP contribution is -2.10. The highest BCUT2D eigenvalue weighted by Gasteiger charge is 2.19. The maximum atomic E-state index is 12.7. The molecule has 4 rings (SSSR count). The summed E-state index contributed by atoms with van der Waals surface area (Å²) in [6, 6.07) is 24.6. The number of fused-ring (bicyclic) bond motifs is 3. The average Bonchev–Trinajstić information content (AvgIpc) is 2.68. The first-order valence-electron chi connectivity index (χ1n) is 7.94. The summed E-state index contributed by atoms with van der Waals surface area (Å²) in [7, 11) is -4.01. The molecular formula is C21H13NO3S. The second-order valence-electron chi connectivity index (χ2n) is 5.82. The Kier molecular flexibility index (Phi) is 3.83. The first-order valence-corrected chi connectivity index (χ1v) is 9.34. The Morgan fingerprint density at radius 2 is 1.38 bits per heavy atom. The van der Waals surface area contributed by atoms with Crippen molar-refractivity contribution < 1.29 is 12.6 Å². The average molecular weight is 359 g/mol. The second kappa shape index (κ2) is 6.17. The van der Waals surface area contributed by atoms with E-state index in [1.807, 2.05) is 54.6 Å². The van der Waals surface area contributed by atoms with Crippen LogP contribution in [-0.2, 0) is 10.1 Å². The van der Waals surface area contributed by atoms with Crippen LogP contribution in [0.5, 0.6) is 5.75 Å². The summed E-state index contributed by atoms with van der Waals surface area (Å²) in [6.45, 7) is 0. The lowest BCUT2D eigenvalue weighted by molar-refractivity contribution is 0.489. The zero-order valence-corrected chi connectivity index (χ0v) is 14.4. The van der Waals surface area contributed by atoms with Crippen molar-refractivity contribution in [2.24, 2.45) is 0 Å². The Morgan fingerprint density at radius 3 is 2.08 bits per heavy atom. The number of benzene rings is 4. The van der Waals surface area contributed by atoms with Crippen LogP contribution in [0.25, 0.3) is 21.5 Å². The SMILES string of the molecule is N#Cc1ccc(S(=O)(=O)Oc2cc3ccccc3c3ccccc23)cc1. The number of rotatable bonds is 3. The summed E-state index contributed by atoms with van der Waals surface area (Å²) < 4.78 is 30.8. The molecule has 0 aliphatic heterocycles. The molecule has 0 bridgehead atoms. The van der Waals surface area contributed by atoms with E-state index in [-0.39, 0.29) is 10.6 Å². The van der Waals surface area contributed by atoms with Crippen molar-refractivity contribution in [1.82, 2.24) is 0 Å². The fourth-order valence-electron chi connectivity index (χ4n) is 2.95. The second-order valence-corrected chi connectivity index (χ2v) is 7.36. The number of nitrogens with zero attached hydrogens (tertiary/aromatic N) is 1. The summed E-state index contributed by atoms with van der Waals surface area (Å²) in [5.41, 5.74) is 0.389. The third kappa shape index (κ3) is 2.77. The molecule has 0 saturated carbocycles. The molecule has 0 unspecified atom stereocenters. The molecule has 26 heavy (non-hydrogen) atoms. The van der Waals surface area contributed by atoms with Gasteiger partial charge in [0.25, 0.3) is 0 Å². The van der Waals surface area contributed by atoms with Gasteiger partial charge in [-0.05, 0) is 46.5 Å². The van der Waals surface area contributed by atoms with Gasteiger partial charge in [0.05, 0.1) is 11.6 Å². The standard InChI is InChI=1S/C21H13NO3S/c22-14-15-9-11-17(12-10-15)26(23,24)25-21-13-16-5-1-2-6-18(16)19-7-3-4-8-20(19)21/h1-13H. The van der Waals surface area contributed by atoms with E-state index in [2.05, 4.69) is 0 Å². The first-order chi connectivity index (χ1) is 12.6. The van der Waals surface area contributed by atoms with Crippen LogP contribution in [0, 0.1) is 11.3 Å². The van der Waals surface area contributed by atoms with E-state index in [1.54, 1.807) is 6.07 Å². The summed E-state index contributed by atoms with van der Waals surface area (Å²) in [5, 5.41) is 12.4. The molecule has 0 radical (unpaired) electrons. The maximum absolute atomic E-state index is 12.7. The van der Waals surface area contributed by atoms with Crippen LogP contribution in [0.1, 0.15) is 5.56 Å². The van der Waals surface area contributed by atoms with Crippen LogP contribution in [0.3, 0.4) is 0 Å². The molecule has 0 amide bonds. The van der Waals surface area contributed by atoms with Crippen molar-refractivity contribution in [3.8, 4) is 11.8 Å². The summed E-state index contributed by atoms with van der Waals surface area (Å²) in [4.78, 5) is 0.00809. The number of nitriles is 1. The van der Waals surface area contributed by atoms with Gasteiger partial charge in [-0.3, -0.25) is 0 Å². The van der Waals surface area contributed by atoms with Gasteiger partial charge in [-0.2, -0.15) is 13.7 Å². The minimum Gasteiger partial charge on any atom is -0.378 e. The summed E-state index contributed by atoms with van der Waals surface area (Å²) in [6.07, 6.45) is 0. The molecule has 0 aromatic heterocycles. The van der Waals surface area contributed by atoms with Crippen molar-refractivity contribution in [2.45, 2.75) is 4.90 Å². The normalized spacial score (nSPS) is 11.3.